The zero-order chi connectivity index (χ0) is 3.41. The average Bonchev–Trinajstić information content (AvgIpc) is 1.37. The van der Waals surface area contributed by atoms with Crippen LogP contribution >= 0.6 is 0 Å². The average molecular weight is 195 g/mol. The van der Waals surface area contributed by atoms with Gasteiger partial charge in [-0.05, 0) is 0 Å². The van der Waals surface area contributed by atoms with Crippen molar-refractivity contribution in [2.24, 2.45) is 11.5 Å². The molecule has 0 fully saturated rings. The van der Waals surface area contributed by atoms with Gasteiger partial charge in [0, 0.05) is 13.1 Å². The van der Waals surface area contributed by atoms with Gasteiger partial charge in [-0.1, -0.05) is 0 Å². The summed E-state index contributed by atoms with van der Waals surface area (Å²) in [6.07, 6.45) is 0. The molecule has 7 heavy (non-hydrogen) atoms. The van der Waals surface area contributed by atoms with Crippen molar-refractivity contribution in [2.75, 3.05) is 13.1 Å². The van der Waals surface area contributed by atoms with Crippen LogP contribution in [0.4, 0.5) is 0 Å². The third-order valence-corrected chi connectivity index (χ3v) is 0.167. The summed E-state index contributed by atoms with van der Waals surface area (Å²) in [7, 11) is 0. The first-order valence-corrected chi connectivity index (χ1v) is 1.32. The monoisotopic (exact) mass is 193 g/mol. The maximum atomic E-state index is 4.90. The van der Waals surface area contributed by atoms with Gasteiger partial charge in [0.2, 0.25) is 0 Å². The van der Waals surface area contributed by atoms with Gasteiger partial charge in [0.1, 0.15) is 0 Å². The van der Waals surface area contributed by atoms with Crippen molar-refractivity contribution in [3.05, 3.63) is 0 Å². The second-order valence-corrected chi connectivity index (χ2v) is 0.577. The molecule has 0 aromatic rings. The molecule has 0 rings (SSSR count). The largest absolute Gasteiger partial charge is 1.00 e. The fraction of sp³-hybridized carbons (Fsp3) is 1.00. The van der Waals surface area contributed by atoms with Crippen LogP contribution < -0.4 is 36.3 Å². The van der Waals surface area contributed by atoms with Crippen molar-refractivity contribution in [1.29, 1.82) is 0 Å². The number of nitrogens with two attached hydrogens (primary N) is 2. The van der Waals surface area contributed by atoms with E-state index in [2.05, 4.69) is 0 Å². The van der Waals surface area contributed by atoms with E-state index in [1.54, 1.807) is 0 Å². The van der Waals surface area contributed by atoms with Crippen molar-refractivity contribution in [1.82, 2.24) is 0 Å². The van der Waals surface area contributed by atoms with Gasteiger partial charge in [-0.25, -0.2) is 0 Å². The van der Waals surface area contributed by atoms with Gasteiger partial charge < -0.3 is 36.3 Å². The van der Waals surface area contributed by atoms with Crippen LogP contribution in [-0.2, 0) is 17.1 Å². The molecule has 5 heteroatoms. The van der Waals surface area contributed by atoms with Gasteiger partial charge in [0.05, 0.1) is 0 Å². The van der Waals surface area contributed by atoms with Gasteiger partial charge in [-0.2, -0.15) is 0 Å². The summed E-state index contributed by atoms with van der Waals surface area (Å²) in [5, 5.41) is 0. The minimum Gasteiger partial charge on any atom is -1.00 e. The number of rotatable bonds is 1. The molecule has 4 N–H and O–H groups in total. The Kier molecular flexibility index (Phi) is 97.5. The summed E-state index contributed by atoms with van der Waals surface area (Å²) >= 11 is 0. The first-order chi connectivity index (χ1) is 1.91. The van der Waals surface area contributed by atoms with Crippen molar-refractivity contribution in [3.63, 3.8) is 0 Å². The van der Waals surface area contributed by atoms with Gasteiger partial charge in [0.25, 0.3) is 0 Å². The Morgan fingerprint density at radius 2 is 1.00 bits per heavy atom. The van der Waals surface area contributed by atoms with Crippen molar-refractivity contribution in [2.45, 2.75) is 0 Å². The van der Waals surface area contributed by atoms with Crippen LogP contribution in [0.1, 0.15) is 0 Å². The summed E-state index contributed by atoms with van der Waals surface area (Å²) in [5.41, 5.74) is 9.81. The van der Waals surface area contributed by atoms with Gasteiger partial charge in [0.15, 0.2) is 0 Å². The summed E-state index contributed by atoms with van der Waals surface area (Å²) in [6.45, 7) is 1.19. The van der Waals surface area contributed by atoms with Crippen molar-refractivity contribution >= 4 is 0 Å². The quantitative estimate of drug-likeness (QED) is 0.408. The fourth-order valence-corrected chi connectivity index (χ4v) is 0. The van der Waals surface area contributed by atoms with E-state index < -0.39 is 0 Å². The first-order valence-electron chi connectivity index (χ1n) is 1.32. The molecule has 0 aromatic carbocycles. The Labute approximate surface area is 66.7 Å². The van der Waals surface area contributed by atoms with Gasteiger partial charge in [-0.3, -0.25) is 0 Å². The maximum Gasteiger partial charge on any atom is 1.00 e. The van der Waals surface area contributed by atoms with Crippen LogP contribution in [0.2, 0.25) is 0 Å². The van der Waals surface area contributed by atoms with Crippen LogP contribution in [0.15, 0.2) is 0 Å². The van der Waals surface area contributed by atoms with E-state index in [-0.39, 0.29) is 41.9 Å². The molecular formula is C2H8Cl2CuN2-. The molecule has 0 spiro atoms. The molecule has 0 heterocycles. The molecule has 0 unspecified atom stereocenters. The molecule has 52 valence electrons. The Morgan fingerprint density at radius 1 is 0.857 bits per heavy atom. The Bertz CT molecular complexity index is 15.7. The number of hydrogen-bond acceptors (Lipinski definition) is 2. The second kappa shape index (κ2) is 27.9. The van der Waals surface area contributed by atoms with E-state index in [9.17, 15) is 0 Å². The van der Waals surface area contributed by atoms with Gasteiger partial charge >= 0.3 is 17.1 Å². The standard InChI is InChI=1S/C2H8N2.2ClH.Cu/c3-1-2-4;;;/h1-4H2;2*1H;/q;;;+1/p-2. The minimum atomic E-state index is 0. The van der Waals surface area contributed by atoms with Crippen molar-refractivity contribution < 1.29 is 41.9 Å². The molecular weight excluding hydrogens is 186 g/mol. The summed E-state index contributed by atoms with van der Waals surface area (Å²) in [5.74, 6) is 0. The van der Waals surface area contributed by atoms with E-state index in [1.807, 2.05) is 0 Å². The van der Waals surface area contributed by atoms with E-state index in [4.69, 9.17) is 11.5 Å². The molecule has 2 nitrogen and oxygen atoms in total. The van der Waals surface area contributed by atoms with Crippen LogP contribution in [0.5, 0.6) is 0 Å². The fourth-order valence-electron chi connectivity index (χ4n) is 0. The van der Waals surface area contributed by atoms with Crippen LogP contribution in [0.25, 0.3) is 0 Å². The van der Waals surface area contributed by atoms with Crippen LogP contribution in [-0.4, -0.2) is 13.1 Å². The summed E-state index contributed by atoms with van der Waals surface area (Å²) in [4.78, 5) is 0. The van der Waals surface area contributed by atoms with Crippen molar-refractivity contribution in [3.8, 4) is 0 Å². The Hall–Kier alpha value is 1.02. The molecule has 0 aliphatic rings. The molecule has 0 amide bonds. The van der Waals surface area contributed by atoms with E-state index >= 15 is 0 Å². The van der Waals surface area contributed by atoms with E-state index in [1.165, 1.54) is 0 Å². The molecule has 0 atom stereocenters. The smallest absolute Gasteiger partial charge is 1.00 e. The van der Waals surface area contributed by atoms with E-state index in [0.29, 0.717) is 13.1 Å². The van der Waals surface area contributed by atoms with Gasteiger partial charge in [-0.15, -0.1) is 0 Å². The molecule has 0 aliphatic carbocycles. The predicted octanol–water partition coefficient (Wildman–Crippen LogP) is -7.09. The first kappa shape index (κ1) is 24.5. The molecule has 0 radical (unpaired) electrons. The zero-order valence-corrected chi connectivity index (χ0v) is 6.08. The SMILES string of the molecule is NCCN.[Cl-].[Cl-].[Cu+]. The van der Waals surface area contributed by atoms with Crippen LogP contribution in [0.3, 0.4) is 0 Å². The Morgan fingerprint density at radius 3 is 1.00 bits per heavy atom. The Balaban J connectivity index is -0.0000000150. The zero-order valence-electron chi connectivity index (χ0n) is 3.63. The molecule has 0 saturated heterocycles. The number of hydrogen-bond donors (Lipinski definition) is 2. The third kappa shape index (κ3) is 43.4. The summed E-state index contributed by atoms with van der Waals surface area (Å²) in [6, 6.07) is 0. The molecule has 0 saturated carbocycles. The molecule has 0 aromatic heterocycles. The predicted molar refractivity (Wildman–Crippen MR) is 18.1 cm³/mol. The number of halogens is 2. The molecule has 0 bridgehead atoms. The maximum absolute atomic E-state index is 4.90. The normalized spacial score (nSPS) is 4.29. The topological polar surface area (TPSA) is 52.0 Å². The van der Waals surface area contributed by atoms with Crippen LogP contribution in [0, 0.1) is 0 Å². The minimum absolute atomic E-state index is 0. The summed E-state index contributed by atoms with van der Waals surface area (Å²) < 4.78 is 0. The second-order valence-electron chi connectivity index (χ2n) is 0.577. The molecule has 0 aliphatic heterocycles. The third-order valence-electron chi connectivity index (χ3n) is 0.167. The van der Waals surface area contributed by atoms with E-state index in [0.717, 1.165) is 0 Å².